The molecule has 0 heterocycles. The second-order valence-electron chi connectivity index (χ2n) is 3.13. The first kappa shape index (κ1) is 11.9. The van der Waals surface area contributed by atoms with Gasteiger partial charge in [-0.3, -0.25) is 0 Å². The van der Waals surface area contributed by atoms with Crippen LogP contribution in [0, 0.1) is 0 Å². The van der Waals surface area contributed by atoms with E-state index in [0.29, 0.717) is 0 Å². The van der Waals surface area contributed by atoms with Crippen LogP contribution >= 0.6 is 0 Å². The summed E-state index contributed by atoms with van der Waals surface area (Å²) in [7, 11) is 2.14. The minimum Gasteiger partial charge on any atom is -0.396 e. The zero-order valence-electron chi connectivity index (χ0n) is 8.34. The Morgan fingerprint density at radius 1 is 1.25 bits per heavy atom. The van der Waals surface area contributed by atoms with E-state index in [1.807, 2.05) is 0 Å². The monoisotopic (exact) mass is 174 g/mol. The molecule has 0 saturated heterocycles. The van der Waals surface area contributed by atoms with E-state index in [2.05, 4.69) is 24.2 Å². The number of nitrogens with one attached hydrogen (secondary N) is 1. The van der Waals surface area contributed by atoms with Crippen molar-refractivity contribution in [3.05, 3.63) is 0 Å². The molecule has 0 aromatic carbocycles. The number of likely N-dealkylation sites (N-methyl/N-ethyl adjacent to an activating group) is 1. The van der Waals surface area contributed by atoms with Crippen molar-refractivity contribution in [3.8, 4) is 0 Å². The fraction of sp³-hybridized carbons (Fsp3) is 1.00. The van der Waals surface area contributed by atoms with Crippen LogP contribution in [0.4, 0.5) is 0 Å². The average molecular weight is 174 g/mol. The van der Waals surface area contributed by atoms with Crippen LogP contribution in [0.2, 0.25) is 0 Å². The normalized spacial score (nSPS) is 11.0. The van der Waals surface area contributed by atoms with Crippen molar-refractivity contribution >= 4 is 0 Å². The van der Waals surface area contributed by atoms with Gasteiger partial charge in [-0.1, -0.05) is 6.92 Å². The van der Waals surface area contributed by atoms with Crippen LogP contribution in [0.15, 0.2) is 0 Å². The Bertz CT molecular complexity index is 88.6. The van der Waals surface area contributed by atoms with Crippen molar-refractivity contribution in [3.63, 3.8) is 0 Å². The topological polar surface area (TPSA) is 35.5 Å². The summed E-state index contributed by atoms with van der Waals surface area (Å²) in [4.78, 5) is 2.31. The molecule has 0 unspecified atom stereocenters. The summed E-state index contributed by atoms with van der Waals surface area (Å²) < 4.78 is 0. The summed E-state index contributed by atoms with van der Waals surface area (Å²) in [6.07, 6.45) is 2.07. The molecule has 0 amide bonds. The Labute approximate surface area is 75.8 Å². The van der Waals surface area contributed by atoms with Crippen LogP contribution in [-0.2, 0) is 0 Å². The molecule has 0 spiro atoms. The molecule has 0 atom stereocenters. The quantitative estimate of drug-likeness (QED) is 0.520. The molecule has 2 N–H and O–H groups in total. The lowest BCUT2D eigenvalue weighted by molar-refractivity contribution is 0.282. The number of nitrogens with zero attached hydrogens (tertiary/aromatic N) is 1. The van der Waals surface area contributed by atoms with E-state index in [9.17, 15) is 0 Å². The van der Waals surface area contributed by atoms with Crippen LogP contribution in [0.3, 0.4) is 0 Å². The first-order chi connectivity index (χ1) is 5.81. The molecule has 0 aliphatic heterocycles. The van der Waals surface area contributed by atoms with Crippen molar-refractivity contribution in [1.29, 1.82) is 0 Å². The van der Waals surface area contributed by atoms with Crippen molar-refractivity contribution < 1.29 is 5.11 Å². The molecule has 12 heavy (non-hydrogen) atoms. The van der Waals surface area contributed by atoms with E-state index in [1.165, 1.54) is 13.0 Å². The first-order valence-corrected chi connectivity index (χ1v) is 4.81. The standard InChI is InChI=1S/C9H22N2O/c1-3-7-11(2)8-6-10-5-4-9-12/h10,12H,3-9H2,1-2H3. The lowest BCUT2D eigenvalue weighted by Gasteiger charge is -2.15. The molecule has 0 aliphatic rings. The van der Waals surface area contributed by atoms with Crippen LogP contribution in [0.1, 0.15) is 19.8 Å². The van der Waals surface area contributed by atoms with Gasteiger partial charge in [0.25, 0.3) is 0 Å². The molecule has 3 nitrogen and oxygen atoms in total. The molecule has 0 fully saturated rings. The Morgan fingerprint density at radius 2 is 2.00 bits per heavy atom. The molecule has 74 valence electrons. The van der Waals surface area contributed by atoms with Crippen molar-refractivity contribution in [2.24, 2.45) is 0 Å². The molecule has 0 radical (unpaired) electrons. The summed E-state index contributed by atoms with van der Waals surface area (Å²) in [5.41, 5.74) is 0. The van der Waals surface area contributed by atoms with Crippen molar-refractivity contribution in [1.82, 2.24) is 10.2 Å². The number of aliphatic hydroxyl groups excluding tert-OH is 1. The zero-order chi connectivity index (χ0) is 9.23. The minimum atomic E-state index is 0.289. The molecule has 0 aliphatic carbocycles. The van der Waals surface area contributed by atoms with Gasteiger partial charge in [0, 0.05) is 19.7 Å². The van der Waals surface area contributed by atoms with Gasteiger partial charge in [0.15, 0.2) is 0 Å². The largest absolute Gasteiger partial charge is 0.396 e. The first-order valence-electron chi connectivity index (χ1n) is 4.81. The van der Waals surface area contributed by atoms with Crippen molar-refractivity contribution in [2.45, 2.75) is 19.8 Å². The van der Waals surface area contributed by atoms with Crippen LogP contribution < -0.4 is 5.32 Å². The lowest BCUT2D eigenvalue weighted by Crippen LogP contribution is -2.30. The van der Waals surface area contributed by atoms with Gasteiger partial charge in [-0.15, -0.1) is 0 Å². The van der Waals surface area contributed by atoms with E-state index in [4.69, 9.17) is 5.11 Å². The lowest BCUT2D eigenvalue weighted by atomic mass is 10.4. The fourth-order valence-corrected chi connectivity index (χ4v) is 1.09. The van der Waals surface area contributed by atoms with Crippen LogP contribution in [-0.4, -0.2) is 49.8 Å². The summed E-state index contributed by atoms with van der Waals surface area (Å²) in [5, 5.41) is 11.8. The molecule has 0 aromatic rings. The van der Waals surface area contributed by atoms with E-state index in [0.717, 1.165) is 26.1 Å². The van der Waals surface area contributed by atoms with E-state index >= 15 is 0 Å². The highest BCUT2D eigenvalue weighted by Crippen LogP contribution is 1.83. The third kappa shape index (κ3) is 7.98. The van der Waals surface area contributed by atoms with Crippen LogP contribution in [0.5, 0.6) is 0 Å². The van der Waals surface area contributed by atoms with Crippen LogP contribution in [0.25, 0.3) is 0 Å². The smallest absolute Gasteiger partial charge is 0.0443 e. The molecule has 0 rings (SSSR count). The number of rotatable bonds is 8. The highest BCUT2D eigenvalue weighted by Gasteiger charge is 1.94. The second-order valence-corrected chi connectivity index (χ2v) is 3.13. The van der Waals surface area contributed by atoms with Gasteiger partial charge in [-0.25, -0.2) is 0 Å². The van der Waals surface area contributed by atoms with Crippen molar-refractivity contribution in [2.75, 3.05) is 39.8 Å². The van der Waals surface area contributed by atoms with E-state index < -0.39 is 0 Å². The van der Waals surface area contributed by atoms with Gasteiger partial charge >= 0.3 is 0 Å². The van der Waals surface area contributed by atoms with Gasteiger partial charge in [0.05, 0.1) is 0 Å². The summed E-state index contributed by atoms with van der Waals surface area (Å²) in [5.74, 6) is 0. The Hall–Kier alpha value is -0.120. The van der Waals surface area contributed by atoms with E-state index in [1.54, 1.807) is 0 Å². The van der Waals surface area contributed by atoms with Gasteiger partial charge in [-0.2, -0.15) is 0 Å². The molecular weight excluding hydrogens is 152 g/mol. The molecular formula is C9H22N2O. The number of hydrogen-bond acceptors (Lipinski definition) is 3. The molecule has 3 heteroatoms. The maximum atomic E-state index is 8.51. The van der Waals surface area contributed by atoms with Gasteiger partial charge in [0.2, 0.25) is 0 Å². The Morgan fingerprint density at radius 3 is 2.58 bits per heavy atom. The predicted molar refractivity (Wildman–Crippen MR) is 52.4 cm³/mol. The van der Waals surface area contributed by atoms with E-state index in [-0.39, 0.29) is 6.61 Å². The number of hydrogen-bond donors (Lipinski definition) is 2. The molecule has 0 saturated carbocycles. The number of aliphatic hydroxyl groups is 1. The van der Waals surface area contributed by atoms with Gasteiger partial charge < -0.3 is 15.3 Å². The maximum absolute atomic E-state index is 8.51. The third-order valence-corrected chi connectivity index (χ3v) is 1.79. The SMILES string of the molecule is CCCN(C)CCNCCCO. The average Bonchev–Trinajstić information content (AvgIpc) is 2.05. The fourth-order valence-electron chi connectivity index (χ4n) is 1.09. The highest BCUT2D eigenvalue weighted by atomic mass is 16.3. The molecule has 0 aromatic heterocycles. The summed E-state index contributed by atoms with van der Waals surface area (Å²) >= 11 is 0. The summed E-state index contributed by atoms with van der Waals surface area (Å²) in [6.45, 7) is 6.70. The second kappa shape index (κ2) is 8.97. The van der Waals surface area contributed by atoms with Gasteiger partial charge in [-0.05, 0) is 33.0 Å². The Kier molecular flexibility index (Phi) is 8.88. The third-order valence-electron chi connectivity index (χ3n) is 1.79. The minimum absolute atomic E-state index is 0.289. The molecule has 0 bridgehead atoms. The zero-order valence-corrected chi connectivity index (χ0v) is 8.34. The summed E-state index contributed by atoms with van der Waals surface area (Å²) in [6, 6.07) is 0. The maximum Gasteiger partial charge on any atom is 0.0443 e. The highest BCUT2D eigenvalue weighted by molar-refractivity contribution is 4.53. The predicted octanol–water partition coefficient (Wildman–Crippen LogP) is 0.300. The Balaban J connectivity index is 2.97. The van der Waals surface area contributed by atoms with Gasteiger partial charge in [0.1, 0.15) is 0 Å².